The Morgan fingerprint density at radius 2 is 2.06 bits per heavy atom. The summed E-state index contributed by atoms with van der Waals surface area (Å²) in [5, 5.41) is 9.96. The summed E-state index contributed by atoms with van der Waals surface area (Å²) in [7, 11) is 0. The quantitative estimate of drug-likeness (QED) is 0.337. The number of para-hydroxylation sites is 1. The van der Waals surface area contributed by atoms with Crippen molar-refractivity contribution in [3.8, 4) is 0 Å². The van der Waals surface area contributed by atoms with Crippen LogP contribution in [-0.4, -0.2) is 27.2 Å². The molecule has 2 aromatic carbocycles. The summed E-state index contributed by atoms with van der Waals surface area (Å²) in [6.07, 6.45) is 5.44. The number of hydrogen-bond acceptors (Lipinski definition) is 4. The molecule has 3 heterocycles. The molecule has 0 radical (unpaired) electrons. The first kappa shape index (κ1) is 21.9. The maximum absolute atomic E-state index is 13.6. The number of halogens is 1. The third kappa shape index (κ3) is 3.62. The summed E-state index contributed by atoms with van der Waals surface area (Å²) in [5.74, 6) is 0.683. The molecule has 0 unspecified atom stereocenters. The second kappa shape index (κ2) is 8.57. The van der Waals surface area contributed by atoms with Gasteiger partial charge in [0.25, 0.3) is 11.5 Å². The molecule has 3 aromatic heterocycles. The largest absolute Gasteiger partial charge is 0.360 e. The lowest BCUT2D eigenvalue weighted by atomic mass is 9.85. The topological polar surface area (TPSA) is 92.9 Å². The van der Waals surface area contributed by atoms with E-state index in [0.717, 1.165) is 47.5 Å². The summed E-state index contributed by atoms with van der Waals surface area (Å²) in [6, 6.07) is 13.4. The van der Waals surface area contributed by atoms with Crippen LogP contribution < -0.4 is 10.9 Å². The Balaban J connectivity index is 1.29. The van der Waals surface area contributed by atoms with Crippen LogP contribution in [0.5, 0.6) is 0 Å². The van der Waals surface area contributed by atoms with E-state index in [9.17, 15) is 9.59 Å². The van der Waals surface area contributed by atoms with Crippen molar-refractivity contribution < 1.29 is 9.32 Å². The van der Waals surface area contributed by atoms with Crippen LogP contribution in [0.25, 0.3) is 32.7 Å². The average Bonchev–Trinajstić information content (AvgIpc) is 3.47. The zero-order valence-electron chi connectivity index (χ0n) is 19.3. The molecule has 1 aliphatic carbocycles. The highest BCUT2D eigenvalue weighted by Crippen LogP contribution is 2.37. The summed E-state index contributed by atoms with van der Waals surface area (Å²) in [6.45, 7) is 2.32. The first-order chi connectivity index (χ1) is 17.0. The number of amides is 1. The fraction of sp³-hybridized carbons (Fsp3) is 0.296. The van der Waals surface area contributed by atoms with Crippen LogP contribution >= 0.6 is 11.6 Å². The lowest BCUT2D eigenvalue weighted by Gasteiger charge is -2.31. The Labute approximate surface area is 206 Å². The van der Waals surface area contributed by atoms with Gasteiger partial charge in [0, 0.05) is 35.1 Å². The number of nitrogens with zero attached hydrogens (tertiary/aromatic N) is 2. The van der Waals surface area contributed by atoms with E-state index < -0.39 is 0 Å². The van der Waals surface area contributed by atoms with Gasteiger partial charge in [-0.1, -0.05) is 47.4 Å². The summed E-state index contributed by atoms with van der Waals surface area (Å²) in [5.41, 5.74) is 2.79. The van der Waals surface area contributed by atoms with Crippen molar-refractivity contribution in [2.24, 2.45) is 5.92 Å². The van der Waals surface area contributed by atoms with Gasteiger partial charge >= 0.3 is 0 Å². The predicted molar refractivity (Wildman–Crippen MR) is 137 cm³/mol. The van der Waals surface area contributed by atoms with Gasteiger partial charge in [-0.15, -0.1) is 0 Å². The first-order valence-corrected chi connectivity index (χ1v) is 12.3. The van der Waals surface area contributed by atoms with Crippen LogP contribution in [0.15, 0.2) is 58.0 Å². The number of H-pyrrole nitrogens is 1. The SMILES string of the molecule is Cc1onc2c1c(=O)n([C@H]1CCC[C@@H](CNC(=O)c3c[nH]c4ccccc34)C1)c1cccc(Cl)c21. The van der Waals surface area contributed by atoms with Gasteiger partial charge in [-0.2, -0.15) is 0 Å². The van der Waals surface area contributed by atoms with E-state index in [1.54, 1.807) is 13.1 Å². The Morgan fingerprint density at radius 1 is 1.20 bits per heavy atom. The summed E-state index contributed by atoms with van der Waals surface area (Å²) >= 11 is 6.56. The normalized spacial score (nSPS) is 18.5. The molecule has 6 rings (SSSR count). The molecule has 2 atom stereocenters. The number of pyridine rings is 1. The predicted octanol–water partition coefficient (Wildman–Crippen LogP) is 5.75. The molecule has 0 bridgehead atoms. The number of fused-ring (bicyclic) bond motifs is 4. The first-order valence-electron chi connectivity index (χ1n) is 12.0. The van der Waals surface area contributed by atoms with E-state index in [1.807, 2.05) is 47.0 Å². The van der Waals surface area contributed by atoms with Gasteiger partial charge in [0.15, 0.2) is 0 Å². The fourth-order valence-electron chi connectivity index (χ4n) is 5.61. The number of aryl methyl sites for hydroxylation is 1. The van der Waals surface area contributed by atoms with Crippen LogP contribution in [0.1, 0.15) is 47.8 Å². The molecule has 1 saturated carbocycles. The number of benzene rings is 2. The van der Waals surface area contributed by atoms with Crippen molar-refractivity contribution in [3.63, 3.8) is 0 Å². The van der Waals surface area contributed by atoms with Crippen molar-refractivity contribution >= 4 is 50.2 Å². The molecule has 1 amide bonds. The second-order valence-electron chi connectivity index (χ2n) is 9.42. The molecule has 35 heavy (non-hydrogen) atoms. The maximum Gasteiger partial charge on any atom is 0.264 e. The molecule has 178 valence electrons. The molecule has 2 N–H and O–H groups in total. The van der Waals surface area contributed by atoms with E-state index in [1.165, 1.54) is 0 Å². The van der Waals surface area contributed by atoms with Crippen LogP contribution in [-0.2, 0) is 0 Å². The lowest BCUT2D eigenvalue weighted by Crippen LogP contribution is -2.34. The molecule has 1 fully saturated rings. The fourth-order valence-corrected chi connectivity index (χ4v) is 5.87. The van der Waals surface area contributed by atoms with Gasteiger partial charge in [-0.3, -0.25) is 9.59 Å². The van der Waals surface area contributed by atoms with Gasteiger partial charge in [-0.05, 0) is 50.3 Å². The van der Waals surface area contributed by atoms with Crippen LogP contribution in [0, 0.1) is 12.8 Å². The molecule has 0 spiro atoms. The van der Waals surface area contributed by atoms with Crippen LogP contribution in [0.2, 0.25) is 5.02 Å². The van der Waals surface area contributed by atoms with E-state index in [0.29, 0.717) is 33.8 Å². The van der Waals surface area contributed by atoms with E-state index in [-0.39, 0.29) is 23.4 Å². The highest BCUT2D eigenvalue weighted by Gasteiger charge is 2.28. The third-order valence-corrected chi connectivity index (χ3v) is 7.60. The van der Waals surface area contributed by atoms with Crippen molar-refractivity contribution in [2.45, 2.75) is 38.6 Å². The highest BCUT2D eigenvalue weighted by molar-refractivity contribution is 6.37. The van der Waals surface area contributed by atoms with Gasteiger partial charge in [0.05, 0.1) is 16.1 Å². The Kier molecular flexibility index (Phi) is 5.37. The van der Waals surface area contributed by atoms with Crippen molar-refractivity contribution in [1.82, 2.24) is 20.0 Å². The number of carbonyl (C=O) groups is 1. The third-order valence-electron chi connectivity index (χ3n) is 7.29. The summed E-state index contributed by atoms with van der Waals surface area (Å²) < 4.78 is 7.26. The number of hydrogen-bond donors (Lipinski definition) is 2. The van der Waals surface area contributed by atoms with Crippen molar-refractivity contribution in [3.05, 3.63) is 75.4 Å². The Bertz CT molecular complexity index is 1650. The molecule has 0 aliphatic heterocycles. The maximum atomic E-state index is 13.6. The average molecular weight is 489 g/mol. The molecular formula is C27H25ClN4O3. The molecule has 8 heteroatoms. The van der Waals surface area contributed by atoms with Gasteiger partial charge in [0.2, 0.25) is 0 Å². The second-order valence-corrected chi connectivity index (χ2v) is 9.82. The molecule has 1 aliphatic rings. The molecule has 5 aromatic rings. The molecule has 0 saturated heterocycles. The lowest BCUT2D eigenvalue weighted by molar-refractivity contribution is 0.0942. The number of nitrogens with one attached hydrogen (secondary N) is 2. The van der Waals surface area contributed by atoms with E-state index >= 15 is 0 Å². The van der Waals surface area contributed by atoms with Crippen molar-refractivity contribution in [1.29, 1.82) is 0 Å². The Hall–Kier alpha value is -3.58. The van der Waals surface area contributed by atoms with Gasteiger partial charge in [0.1, 0.15) is 16.7 Å². The monoisotopic (exact) mass is 488 g/mol. The molecule has 7 nitrogen and oxygen atoms in total. The number of aromatic amines is 1. The smallest absolute Gasteiger partial charge is 0.264 e. The standard InChI is InChI=1S/C27H25ClN4O3/c1-15-23-25(31-35-15)24-20(28)9-5-11-22(24)32(27(23)34)17-7-4-6-16(12-17)13-30-26(33)19-14-29-21-10-3-2-8-18(19)21/h2-3,5,8-11,14,16-17,29H,4,6-7,12-13H2,1H3,(H,30,33)/t16-,17+/m1/s1. The van der Waals surface area contributed by atoms with E-state index in [4.69, 9.17) is 16.1 Å². The summed E-state index contributed by atoms with van der Waals surface area (Å²) in [4.78, 5) is 29.7. The zero-order chi connectivity index (χ0) is 24.1. The highest BCUT2D eigenvalue weighted by atomic mass is 35.5. The van der Waals surface area contributed by atoms with E-state index in [2.05, 4.69) is 15.5 Å². The minimum Gasteiger partial charge on any atom is -0.360 e. The Morgan fingerprint density at radius 3 is 2.94 bits per heavy atom. The van der Waals surface area contributed by atoms with Gasteiger partial charge in [-0.25, -0.2) is 0 Å². The van der Waals surface area contributed by atoms with Crippen LogP contribution in [0.3, 0.4) is 0 Å². The zero-order valence-corrected chi connectivity index (χ0v) is 20.1. The minimum atomic E-state index is -0.0954. The minimum absolute atomic E-state index is 0.00547. The van der Waals surface area contributed by atoms with Crippen LogP contribution in [0.4, 0.5) is 0 Å². The van der Waals surface area contributed by atoms with Gasteiger partial charge < -0.3 is 19.4 Å². The number of rotatable bonds is 4. The van der Waals surface area contributed by atoms with Crippen molar-refractivity contribution in [2.75, 3.05) is 6.54 Å². The number of aromatic nitrogens is 3. The number of carbonyl (C=O) groups excluding carboxylic acids is 1. The molecular weight excluding hydrogens is 464 g/mol.